The van der Waals surface area contributed by atoms with E-state index >= 15 is 0 Å². The number of rotatable bonds is 5. The van der Waals surface area contributed by atoms with Gasteiger partial charge in [0.2, 0.25) is 0 Å². The van der Waals surface area contributed by atoms with Crippen LogP contribution in [0.1, 0.15) is 17.7 Å². The quantitative estimate of drug-likeness (QED) is 0.450. The molecule has 0 amide bonds. The standard InChI is InChI=1S/C24H26N6O3S/c31-24(32)15-3-2-6-29(13-15)14-16-11-20-21(34-16)23(30-7-9-33-10-8-30)27-22(26-20)17-4-1-5-19-18(17)12-25-28-19/h1,4-5,11-12,15H,2-3,6-10,13-14H2,(H,25,28)(H,31,32)/t15-/m1/s1. The largest absolute Gasteiger partial charge is 0.481 e. The summed E-state index contributed by atoms with van der Waals surface area (Å²) in [5.74, 6) is 0.657. The number of anilines is 1. The van der Waals surface area contributed by atoms with Crippen molar-refractivity contribution in [2.24, 2.45) is 5.92 Å². The Morgan fingerprint density at radius 3 is 2.97 bits per heavy atom. The van der Waals surface area contributed by atoms with Crippen LogP contribution in [-0.4, -0.2) is 75.5 Å². The number of carbonyl (C=O) groups is 1. The number of hydrogen-bond donors (Lipinski definition) is 2. The zero-order valence-electron chi connectivity index (χ0n) is 18.7. The third kappa shape index (κ3) is 4.02. The van der Waals surface area contributed by atoms with Gasteiger partial charge in [-0.2, -0.15) is 5.10 Å². The van der Waals surface area contributed by atoms with Crippen molar-refractivity contribution in [2.45, 2.75) is 19.4 Å². The highest BCUT2D eigenvalue weighted by Crippen LogP contribution is 2.36. The fourth-order valence-electron chi connectivity index (χ4n) is 4.94. The van der Waals surface area contributed by atoms with Crippen molar-refractivity contribution in [1.29, 1.82) is 0 Å². The minimum Gasteiger partial charge on any atom is -0.481 e. The molecule has 2 aliphatic rings. The average Bonchev–Trinajstić information content (AvgIpc) is 3.50. The number of piperidine rings is 1. The normalized spacial score (nSPS) is 19.8. The highest BCUT2D eigenvalue weighted by molar-refractivity contribution is 7.19. The number of aromatic amines is 1. The van der Waals surface area contributed by atoms with Crippen molar-refractivity contribution in [3.05, 3.63) is 35.3 Å². The first-order valence-electron chi connectivity index (χ1n) is 11.7. The number of nitrogens with zero attached hydrogens (tertiary/aromatic N) is 5. The summed E-state index contributed by atoms with van der Waals surface area (Å²) in [5, 5.41) is 17.7. The van der Waals surface area contributed by atoms with Crippen LogP contribution in [0.5, 0.6) is 0 Å². The smallest absolute Gasteiger partial charge is 0.307 e. The third-order valence-electron chi connectivity index (χ3n) is 6.68. The predicted molar refractivity (Wildman–Crippen MR) is 131 cm³/mol. The van der Waals surface area contributed by atoms with Gasteiger partial charge in [0.1, 0.15) is 0 Å². The molecule has 1 atom stereocenters. The van der Waals surface area contributed by atoms with Crippen LogP contribution in [0.2, 0.25) is 0 Å². The van der Waals surface area contributed by atoms with Crippen molar-refractivity contribution < 1.29 is 14.6 Å². The predicted octanol–water partition coefficient (Wildman–Crippen LogP) is 3.37. The maximum Gasteiger partial charge on any atom is 0.307 e. The molecule has 0 spiro atoms. The maximum absolute atomic E-state index is 11.5. The second kappa shape index (κ2) is 8.94. The lowest BCUT2D eigenvalue weighted by molar-refractivity contribution is -0.143. The van der Waals surface area contributed by atoms with Gasteiger partial charge in [0.15, 0.2) is 11.6 Å². The molecular weight excluding hydrogens is 452 g/mol. The van der Waals surface area contributed by atoms with Gasteiger partial charge in [0.05, 0.1) is 41.1 Å². The highest BCUT2D eigenvalue weighted by Gasteiger charge is 2.26. The molecule has 2 aliphatic heterocycles. The first kappa shape index (κ1) is 21.5. The van der Waals surface area contributed by atoms with E-state index in [4.69, 9.17) is 14.7 Å². The molecule has 5 heterocycles. The second-order valence-corrected chi connectivity index (χ2v) is 10.1. The monoisotopic (exact) mass is 478 g/mol. The number of carboxylic acids is 1. The number of nitrogens with one attached hydrogen (secondary N) is 1. The summed E-state index contributed by atoms with van der Waals surface area (Å²) in [7, 11) is 0. The lowest BCUT2D eigenvalue weighted by Gasteiger charge is -2.30. The van der Waals surface area contributed by atoms with E-state index in [-0.39, 0.29) is 5.92 Å². The van der Waals surface area contributed by atoms with Crippen LogP contribution in [0.4, 0.5) is 5.82 Å². The molecule has 10 heteroatoms. The molecule has 3 aromatic heterocycles. The fourth-order valence-corrected chi connectivity index (χ4v) is 6.09. The van der Waals surface area contributed by atoms with E-state index < -0.39 is 5.97 Å². The van der Waals surface area contributed by atoms with Gasteiger partial charge in [0.25, 0.3) is 0 Å². The van der Waals surface area contributed by atoms with Gasteiger partial charge in [-0.25, -0.2) is 9.97 Å². The SMILES string of the molecule is O=C(O)[C@@H]1CCCN(Cc2cc3nc(-c4cccc5[nH]ncc45)nc(N4CCOCC4)c3s2)C1. The Labute approximate surface area is 200 Å². The number of carboxylic acid groups (broad SMARTS) is 1. The number of morpholine rings is 1. The van der Waals surface area contributed by atoms with Crippen LogP contribution >= 0.6 is 11.3 Å². The minimum absolute atomic E-state index is 0.283. The third-order valence-corrected chi connectivity index (χ3v) is 7.78. The van der Waals surface area contributed by atoms with Gasteiger partial charge in [-0.05, 0) is 31.5 Å². The number of ether oxygens (including phenoxy) is 1. The molecule has 9 nitrogen and oxygen atoms in total. The molecule has 6 rings (SSSR count). The molecule has 2 saturated heterocycles. The zero-order valence-corrected chi connectivity index (χ0v) is 19.6. The molecule has 0 radical (unpaired) electrons. The number of H-pyrrole nitrogens is 1. The lowest BCUT2D eigenvalue weighted by atomic mass is 9.98. The van der Waals surface area contributed by atoms with Crippen LogP contribution in [-0.2, 0) is 16.1 Å². The number of hydrogen-bond acceptors (Lipinski definition) is 8. The Bertz CT molecular complexity index is 1350. The number of likely N-dealkylation sites (tertiary alicyclic amines) is 1. The molecule has 176 valence electrons. The van der Waals surface area contributed by atoms with E-state index in [9.17, 15) is 9.90 Å². The Morgan fingerprint density at radius 1 is 1.24 bits per heavy atom. The highest BCUT2D eigenvalue weighted by atomic mass is 32.1. The Hall–Kier alpha value is -3.08. The molecule has 1 aromatic carbocycles. The van der Waals surface area contributed by atoms with E-state index in [0.717, 1.165) is 71.5 Å². The summed E-state index contributed by atoms with van der Waals surface area (Å²) in [4.78, 5) is 27.2. The van der Waals surface area contributed by atoms with Crippen LogP contribution in [0.25, 0.3) is 32.5 Å². The Morgan fingerprint density at radius 2 is 2.12 bits per heavy atom. The van der Waals surface area contributed by atoms with E-state index in [1.54, 1.807) is 11.3 Å². The van der Waals surface area contributed by atoms with Crippen LogP contribution in [0.3, 0.4) is 0 Å². The number of thiophene rings is 1. The number of benzene rings is 1. The van der Waals surface area contributed by atoms with Crippen LogP contribution in [0.15, 0.2) is 30.5 Å². The van der Waals surface area contributed by atoms with Crippen molar-refractivity contribution in [3.8, 4) is 11.4 Å². The molecule has 0 saturated carbocycles. The minimum atomic E-state index is -0.695. The van der Waals surface area contributed by atoms with Crippen molar-refractivity contribution in [2.75, 3.05) is 44.3 Å². The molecular formula is C24H26N6O3S. The molecule has 34 heavy (non-hydrogen) atoms. The molecule has 4 aromatic rings. The Kier molecular flexibility index (Phi) is 5.64. The number of aromatic nitrogens is 4. The van der Waals surface area contributed by atoms with Gasteiger partial charge in [-0.1, -0.05) is 12.1 Å². The molecule has 2 N–H and O–H groups in total. The zero-order chi connectivity index (χ0) is 23.1. The average molecular weight is 479 g/mol. The summed E-state index contributed by atoms with van der Waals surface area (Å²) >= 11 is 1.71. The van der Waals surface area contributed by atoms with Crippen LogP contribution < -0.4 is 4.90 Å². The van der Waals surface area contributed by atoms with Gasteiger partial charge in [-0.15, -0.1) is 11.3 Å². The Balaban J connectivity index is 1.40. The summed E-state index contributed by atoms with van der Waals surface area (Å²) in [6, 6.07) is 8.18. The number of fused-ring (bicyclic) bond motifs is 2. The molecule has 0 aliphatic carbocycles. The van der Waals surface area contributed by atoms with Crippen molar-refractivity contribution in [3.63, 3.8) is 0 Å². The van der Waals surface area contributed by atoms with Crippen molar-refractivity contribution >= 4 is 44.2 Å². The van der Waals surface area contributed by atoms with Crippen molar-refractivity contribution in [1.82, 2.24) is 25.1 Å². The maximum atomic E-state index is 11.5. The van der Waals surface area contributed by atoms with Crippen LogP contribution in [0, 0.1) is 5.92 Å². The molecule has 0 bridgehead atoms. The van der Waals surface area contributed by atoms with E-state index in [1.165, 1.54) is 4.88 Å². The van der Waals surface area contributed by atoms with E-state index in [2.05, 4.69) is 26.1 Å². The first-order valence-corrected chi connectivity index (χ1v) is 12.5. The van der Waals surface area contributed by atoms with Gasteiger partial charge >= 0.3 is 5.97 Å². The van der Waals surface area contributed by atoms with Gasteiger partial charge in [-0.3, -0.25) is 14.8 Å². The topological polar surface area (TPSA) is 107 Å². The first-order chi connectivity index (χ1) is 16.7. The lowest BCUT2D eigenvalue weighted by Crippen LogP contribution is -2.37. The fraction of sp³-hybridized carbons (Fsp3) is 0.417. The summed E-state index contributed by atoms with van der Waals surface area (Å²) in [5.41, 5.74) is 2.84. The summed E-state index contributed by atoms with van der Waals surface area (Å²) < 4.78 is 6.66. The van der Waals surface area contributed by atoms with E-state index in [0.29, 0.717) is 25.6 Å². The second-order valence-electron chi connectivity index (χ2n) is 8.95. The molecule has 2 fully saturated rings. The van der Waals surface area contributed by atoms with Gasteiger partial charge < -0.3 is 14.7 Å². The summed E-state index contributed by atoms with van der Waals surface area (Å²) in [6.45, 7) is 5.21. The molecule has 0 unspecified atom stereocenters. The van der Waals surface area contributed by atoms with E-state index in [1.807, 2.05) is 24.4 Å². The summed E-state index contributed by atoms with van der Waals surface area (Å²) in [6.07, 6.45) is 3.49. The number of aliphatic carboxylic acids is 1. The van der Waals surface area contributed by atoms with Gasteiger partial charge in [0, 0.05) is 42.0 Å².